The van der Waals surface area contributed by atoms with Crippen molar-refractivity contribution < 1.29 is 4.79 Å². The molecule has 2 aliphatic rings. The Bertz CT molecular complexity index is 792. The van der Waals surface area contributed by atoms with E-state index in [2.05, 4.69) is 44.1 Å². The van der Waals surface area contributed by atoms with Crippen molar-refractivity contribution >= 4 is 29.0 Å². The van der Waals surface area contributed by atoms with Crippen molar-refractivity contribution in [2.45, 2.75) is 94.8 Å². The van der Waals surface area contributed by atoms with Crippen molar-refractivity contribution in [1.29, 1.82) is 0 Å². The molecule has 2 saturated carbocycles. The molecular formula is C23H34N4OS2. The number of rotatable bonds is 8. The van der Waals surface area contributed by atoms with Gasteiger partial charge in [-0.3, -0.25) is 4.79 Å². The van der Waals surface area contributed by atoms with Crippen LogP contribution in [0.5, 0.6) is 0 Å². The second-order valence-electron chi connectivity index (χ2n) is 8.58. The van der Waals surface area contributed by atoms with Crippen LogP contribution >= 0.6 is 23.1 Å². The number of hydrogen-bond acceptors (Lipinski definition) is 5. The van der Waals surface area contributed by atoms with Gasteiger partial charge in [0.15, 0.2) is 5.16 Å². The van der Waals surface area contributed by atoms with E-state index in [4.69, 9.17) is 0 Å². The molecule has 7 heteroatoms. The number of carbonyl (C=O) groups excluding carboxylic acids is 1. The molecule has 1 amide bonds. The highest BCUT2D eigenvalue weighted by Crippen LogP contribution is 2.34. The third-order valence-corrected chi connectivity index (χ3v) is 8.39. The fourth-order valence-corrected chi connectivity index (χ4v) is 6.65. The van der Waals surface area contributed by atoms with Crippen LogP contribution in [0.4, 0.5) is 0 Å². The zero-order chi connectivity index (χ0) is 20.8. The van der Waals surface area contributed by atoms with Gasteiger partial charge in [0, 0.05) is 29.9 Å². The average Bonchev–Trinajstić information content (AvgIpc) is 3.44. The first-order valence-corrected chi connectivity index (χ1v) is 13.5. The predicted octanol–water partition coefficient (Wildman–Crippen LogP) is 5.71. The summed E-state index contributed by atoms with van der Waals surface area (Å²) in [6, 6.07) is 5.18. The van der Waals surface area contributed by atoms with Gasteiger partial charge in [0.1, 0.15) is 5.82 Å². The number of carbonyl (C=O) groups is 1. The molecule has 30 heavy (non-hydrogen) atoms. The number of hydrogen-bond donors (Lipinski definition) is 0. The Hall–Kier alpha value is -1.34. The third-order valence-electron chi connectivity index (χ3n) is 6.59. The Morgan fingerprint density at radius 1 is 1.13 bits per heavy atom. The zero-order valence-corrected chi connectivity index (χ0v) is 19.7. The normalized spacial score (nSPS) is 18.6. The smallest absolute Gasteiger partial charge is 0.233 e. The number of thiophene rings is 1. The summed E-state index contributed by atoms with van der Waals surface area (Å²) >= 11 is 3.37. The molecule has 0 saturated heterocycles. The topological polar surface area (TPSA) is 51.0 Å². The van der Waals surface area contributed by atoms with Crippen molar-refractivity contribution in [2.24, 2.45) is 0 Å². The molecule has 164 valence electrons. The van der Waals surface area contributed by atoms with Gasteiger partial charge in [0.05, 0.1) is 5.75 Å². The van der Waals surface area contributed by atoms with Gasteiger partial charge in [0.2, 0.25) is 5.91 Å². The quantitative estimate of drug-likeness (QED) is 0.487. The minimum Gasteiger partial charge on any atom is -0.339 e. The Balaban J connectivity index is 1.47. The predicted molar refractivity (Wildman–Crippen MR) is 124 cm³/mol. The minimum absolute atomic E-state index is 0.257. The number of amides is 1. The molecule has 0 aromatic carbocycles. The van der Waals surface area contributed by atoms with Crippen LogP contribution in [0.25, 0.3) is 0 Å². The molecule has 2 heterocycles. The standard InChI is InChI=1S/C23H34N4OS2/c1-2-26(18-10-5-3-6-11-18)22(28)17-30-23-25-24-21(16-20-14-9-15-29-20)27(23)19-12-7-4-8-13-19/h9,14-15,18-19H,2-8,10-13,16-17H2,1H3. The van der Waals surface area contributed by atoms with Gasteiger partial charge in [0.25, 0.3) is 0 Å². The van der Waals surface area contributed by atoms with E-state index < -0.39 is 0 Å². The first kappa shape index (κ1) is 21.9. The highest BCUT2D eigenvalue weighted by Gasteiger charge is 2.27. The molecule has 2 aromatic heterocycles. The summed E-state index contributed by atoms with van der Waals surface area (Å²) < 4.78 is 2.37. The van der Waals surface area contributed by atoms with Gasteiger partial charge in [-0.15, -0.1) is 21.5 Å². The van der Waals surface area contributed by atoms with Crippen molar-refractivity contribution in [2.75, 3.05) is 12.3 Å². The lowest BCUT2D eigenvalue weighted by Crippen LogP contribution is -2.42. The molecule has 0 bridgehead atoms. The Labute approximate surface area is 188 Å². The van der Waals surface area contributed by atoms with Crippen LogP contribution in [0.15, 0.2) is 22.7 Å². The summed E-state index contributed by atoms with van der Waals surface area (Å²) in [6.45, 7) is 2.92. The summed E-state index contributed by atoms with van der Waals surface area (Å²) in [5, 5.41) is 12.2. The van der Waals surface area contributed by atoms with Gasteiger partial charge in [-0.25, -0.2) is 0 Å². The Kier molecular flexibility index (Phi) is 7.88. The van der Waals surface area contributed by atoms with Crippen molar-refractivity contribution in [3.8, 4) is 0 Å². The average molecular weight is 447 g/mol. The van der Waals surface area contributed by atoms with Crippen molar-refractivity contribution in [1.82, 2.24) is 19.7 Å². The number of nitrogens with zero attached hydrogens (tertiary/aromatic N) is 4. The molecular weight excluding hydrogens is 412 g/mol. The monoisotopic (exact) mass is 446 g/mol. The van der Waals surface area contributed by atoms with Gasteiger partial charge < -0.3 is 9.47 Å². The Morgan fingerprint density at radius 2 is 1.87 bits per heavy atom. The van der Waals surface area contributed by atoms with Gasteiger partial charge in [-0.2, -0.15) is 0 Å². The van der Waals surface area contributed by atoms with E-state index in [9.17, 15) is 4.79 Å². The second kappa shape index (κ2) is 10.8. The summed E-state index contributed by atoms with van der Waals surface area (Å²) in [6.07, 6.45) is 13.2. The lowest BCUT2D eigenvalue weighted by atomic mass is 9.94. The maximum Gasteiger partial charge on any atom is 0.233 e. The zero-order valence-electron chi connectivity index (χ0n) is 18.1. The first-order valence-electron chi connectivity index (χ1n) is 11.6. The highest BCUT2D eigenvalue weighted by atomic mass is 32.2. The lowest BCUT2D eigenvalue weighted by molar-refractivity contribution is -0.131. The summed E-state index contributed by atoms with van der Waals surface area (Å²) in [5.41, 5.74) is 0. The largest absolute Gasteiger partial charge is 0.339 e. The molecule has 2 aromatic rings. The van der Waals surface area contributed by atoms with Crippen LogP contribution in [-0.2, 0) is 11.2 Å². The molecule has 5 nitrogen and oxygen atoms in total. The van der Waals surface area contributed by atoms with E-state index in [0.29, 0.717) is 17.8 Å². The molecule has 0 aliphatic heterocycles. The van der Waals surface area contributed by atoms with Crippen LogP contribution < -0.4 is 0 Å². The van der Waals surface area contributed by atoms with Crippen LogP contribution in [0, 0.1) is 0 Å². The maximum atomic E-state index is 13.0. The van der Waals surface area contributed by atoms with E-state index in [1.165, 1.54) is 56.2 Å². The van der Waals surface area contributed by atoms with Crippen LogP contribution in [-0.4, -0.2) is 43.9 Å². The fourth-order valence-electron chi connectivity index (χ4n) is 5.04. The summed E-state index contributed by atoms with van der Waals surface area (Å²) in [5.74, 6) is 1.78. The minimum atomic E-state index is 0.257. The van der Waals surface area contributed by atoms with E-state index >= 15 is 0 Å². The fraction of sp³-hybridized carbons (Fsp3) is 0.696. The Morgan fingerprint density at radius 3 is 2.53 bits per heavy atom. The summed E-state index contributed by atoms with van der Waals surface area (Å²) in [4.78, 5) is 16.5. The number of thioether (sulfide) groups is 1. The third kappa shape index (κ3) is 5.28. The van der Waals surface area contributed by atoms with E-state index in [0.717, 1.165) is 36.8 Å². The van der Waals surface area contributed by atoms with Crippen LogP contribution in [0.2, 0.25) is 0 Å². The molecule has 2 aliphatic carbocycles. The van der Waals surface area contributed by atoms with Crippen molar-refractivity contribution in [3.63, 3.8) is 0 Å². The molecule has 2 fully saturated rings. The molecule has 0 unspecified atom stereocenters. The molecule has 0 radical (unpaired) electrons. The van der Waals surface area contributed by atoms with Crippen LogP contribution in [0.1, 0.15) is 87.9 Å². The van der Waals surface area contributed by atoms with Crippen LogP contribution in [0.3, 0.4) is 0 Å². The van der Waals surface area contributed by atoms with E-state index in [-0.39, 0.29) is 5.91 Å². The molecule has 0 spiro atoms. The second-order valence-corrected chi connectivity index (χ2v) is 10.6. The van der Waals surface area contributed by atoms with E-state index in [1.807, 2.05) is 0 Å². The van der Waals surface area contributed by atoms with E-state index in [1.54, 1.807) is 23.1 Å². The first-order chi connectivity index (χ1) is 14.8. The summed E-state index contributed by atoms with van der Waals surface area (Å²) in [7, 11) is 0. The maximum absolute atomic E-state index is 13.0. The van der Waals surface area contributed by atoms with Gasteiger partial charge in [-0.05, 0) is 44.1 Å². The number of aromatic nitrogens is 3. The SMILES string of the molecule is CCN(C(=O)CSc1nnc(Cc2cccs2)n1C1CCCCC1)C1CCCCC1. The molecule has 0 N–H and O–H groups in total. The molecule has 0 atom stereocenters. The lowest BCUT2D eigenvalue weighted by Gasteiger charge is -2.33. The van der Waals surface area contributed by atoms with Gasteiger partial charge >= 0.3 is 0 Å². The van der Waals surface area contributed by atoms with Gasteiger partial charge in [-0.1, -0.05) is 56.4 Å². The molecule has 4 rings (SSSR count). The van der Waals surface area contributed by atoms with Crippen molar-refractivity contribution in [3.05, 3.63) is 28.2 Å². The highest BCUT2D eigenvalue weighted by molar-refractivity contribution is 7.99.